The van der Waals surface area contributed by atoms with Gasteiger partial charge in [-0.15, -0.1) is 0 Å². The lowest BCUT2D eigenvalue weighted by Gasteiger charge is -2.31. The third-order valence-corrected chi connectivity index (χ3v) is 7.78. The molecule has 2 unspecified atom stereocenters. The van der Waals surface area contributed by atoms with Crippen LogP contribution in [0.25, 0.3) is 0 Å². The van der Waals surface area contributed by atoms with Crippen molar-refractivity contribution in [2.45, 2.75) is 6.42 Å². The summed E-state index contributed by atoms with van der Waals surface area (Å²) in [7, 11) is 2.30. The molecule has 24 heavy (non-hydrogen) atoms. The van der Waals surface area contributed by atoms with Crippen LogP contribution in [0, 0.1) is 11.8 Å². The first-order chi connectivity index (χ1) is 11.8. The Balaban J connectivity index is 1.48. The predicted molar refractivity (Wildman–Crippen MR) is 109 cm³/mol. The van der Waals surface area contributed by atoms with Gasteiger partial charge in [0, 0.05) is 63.9 Å². The summed E-state index contributed by atoms with van der Waals surface area (Å²) >= 11 is 4.35. The minimum Gasteiger partial charge on any atom is -0.315 e. The van der Waals surface area contributed by atoms with E-state index in [-0.39, 0.29) is 0 Å². The van der Waals surface area contributed by atoms with Crippen LogP contribution in [0.5, 0.6) is 0 Å². The molecule has 3 saturated heterocycles. The fourth-order valence-corrected chi connectivity index (χ4v) is 6.46. The number of hydrogen-bond donors (Lipinski definition) is 1. The molecule has 0 radical (unpaired) electrons. The Kier molecular flexibility index (Phi) is 8.55. The Bertz CT molecular complexity index is 350. The average molecular weight is 373 g/mol. The summed E-state index contributed by atoms with van der Waals surface area (Å²) in [5, 5.41) is 3.54. The molecular formula is C18H36N4S2. The van der Waals surface area contributed by atoms with Crippen molar-refractivity contribution in [2.75, 3.05) is 95.5 Å². The van der Waals surface area contributed by atoms with Gasteiger partial charge in [0.25, 0.3) is 0 Å². The number of rotatable bonds is 4. The van der Waals surface area contributed by atoms with Crippen LogP contribution >= 0.6 is 23.5 Å². The first-order valence-electron chi connectivity index (χ1n) is 9.79. The van der Waals surface area contributed by atoms with Gasteiger partial charge in [-0.3, -0.25) is 0 Å². The zero-order valence-electron chi connectivity index (χ0n) is 15.4. The van der Waals surface area contributed by atoms with Crippen molar-refractivity contribution in [2.24, 2.45) is 11.8 Å². The lowest BCUT2D eigenvalue weighted by atomic mass is 10.1. The van der Waals surface area contributed by atoms with Gasteiger partial charge < -0.3 is 20.0 Å². The normalized spacial score (nSPS) is 32.9. The lowest BCUT2D eigenvalue weighted by molar-refractivity contribution is 0.174. The van der Waals surface area contributed by atoms with Crippen LogP contribution in [0.4, 0.5) is 0 Å². The SMILES string of the molecule is CN1CCSCC(CN2CCSCC(CN3CCCNCC3)C2)C1. The third kappa shape index (κ3) is 6.69. The topological polar surface area (TPSA) is 21.8 Å². The molecule has 3 aliphatic rings. The van der Waals surface area contributed by atoms with Crippen molar-refractivity contribution in [1.29, 1.82) is 0 Å². The molecule has 0 aromatic rings. The van der Waals surface area contributed by atoms with Crippen LogP contribution < -0.4 is 5.32 Å². The number of thioether (sulfide) groups is 2. The standard InChI is InChI=1S/C18H36N4S2/c1-20-7-9-23-15-17(11-20)13-22-8-10-24-16-18(14-22)12-21-5-2-3-19-4-6-21/h17-19H,2-16H2,1H3. The molecule has 1 N–H and O–H groups in total. The van der Waals surface area contributed by atoms with Gasteiger partial charge in [0.2, 0.25) is 0 Å². The van der Waals surface area contributed by atoms with Gasteiger partial charge in [0.1, 0.15) is 0 Å². The van der Waals surface area contributed by atoms with E-state index in [1.165, 1.54) is 94.9 Å². The van der Waals surface area contributed by atoms with E-state index < -0.39 is 0 Å². The molecule has 0 aromatic carbocycles. The molecule has 3 aliphatic heterocycles. The Morgan fingerprint density at radius 3 is 2.46 bits per heavy atom. The molecule has 140 valence electrons. The minimum absolute atomic E-state index is 0.853. The maximum absolute atomic E-state index is 3.54. The largest absolute Gasteiger partial charge is 0.315 e. The van der Waals surface area contributed by atoms with Crippen molar-refractivity contribution in [3.05, 3.63) is 0 Å². The summed E-state index contributed by atoms with van der Waals surface area (Å²) in [6.45, 7) is 12.7. The predicted octanol–water partition coefficient (Wildman–Crippen LogP) is 1.24. The highest BCUT2D eigenvalue weighted by Crippen LogP contribution is 2.21. The summed E-state index contributed by atoms with van der Waals surface area (Å²) in [6, 6.07) is 0. The number of nitrogens with zero attached hydrogens (tertiary/aromatic N) is 3. The number of hydrogen-bond acceptors (Lipinski definition) is 6. The minimum atomic E-state index is 0.853. The van der Waals surface area contributed by atoms with E-state index >= 15 is 0 Å². The Morgan fingerprint density at radius 2 is 1.58 bits per heavy atom. The van der Waals surface area contributed by atoms with Crippen molar-refractivity contribution < 1.29 is 0 Å². The fraction of sp³-hybridized carbons (Fsp3) is 1.00. The maximum Gasteiger partial charge on any atom is 0.0107 e. The summed E-state index contributed by atoms with van der Waals surface area (Å²) in [6.07, 6.45) is 1.31. The highest BCUT2D eigenvalue weighted by Gasteiger charge is 2.24. The van der Waals surface area contributed by atoms with E-state index in [0.29, 0.717) is 0 Å². The molecule has 0 bridgehead atoms. The van der Waals surface area contributed by atoms with Gasteiger partial charge >= 0.3 is 0 Å². The summed E-state index contributed by atoms with van der Waals surface area (Å²) in [4.78, 5) is 8.05. The van der Waals surface area contributed by atoms with E-state index in [4.69, 9.17) is 0 Å². The van der Waals surface area contributed by atoms with E-state index in [0.717, 1.165) is 11.8 Å². The highest BCUT2D eigenvalue weighted by atomic mass is 32.2. The van der Waals surface area contributed by atoms with E-state index in [2.05, 4.69) is 50.6 Å². The lowest BCUT2D eigenvalue weighted by Crippen LogP contribution is -2.41. The molecule has 6 heteroatoms. The molecule has 0 spiro atoms. The first-order valence-corrected chi connectivity index (χ1v) is 12.1. The molecule has 0 saturated carbocycles. The second kappa shape index (κ2) is 10.6. The second-order valence-electron chi connectivity index (χ2n) is 7.81. The Hall–Kier alpha value is 0.540. The second-order valence-corrected chi connectivity index (χ2v) is 10.1. The Morgan fingerprint density at radius 1 is 0.833 bits per heavy atom. The molecule has 3 fully saturated rings. The van der Waals surface area contributed by atoms with Crippen molar-refractivity contribution >= 4 is 23.5 Å². The smallest absolute Gasteiger partial charge is 0.0107 e. The molecule has 0 aliphatic carbocycles. The molecular weight excluding hydrogens is 336 g/mol. The van der Waals surface area contributed by atoms with Gasteiger partial charge in [-0.25, -0.2) is 0 Å². The molecule has 2 atom stereocenters. The maximum atomic E-state index is 3.54. The fourth-order valence-electron chi connectivity index (χ4n) is 4.21. The van der Waals surface area contributed by atoms with Crippen molar-refractivity contribution in [3.8, 4) is 0 Å². The Labute approximate surface area is 157 Å². The average Bonchev–Trinajstić information content (AvgIpc) is 3.02. The van der Waals surface area contributed by atoms with Gasteiger partial charge in [0.05, 0.1) is 0 Å². The van der Waals surface area contributed by atoms with Crippen molar-refractivity contribution in [1.82, 2.24) is 20.0 Å². The first kappa shape index (κ1) is 19.3. The quantitative estimate of drug-likeness (QED) is 0.796. The summed E-state index contributed by atoms with van der Waals surface area (Å²) in [5.41, 5.74) is 0. The monoisotopic (exact) mass is 372 g/mol. The van der Waals surface area contributed by atoms with E-state index in [1.54, 1.807) is 0 Å². The zero-order valence-corrected chi connectivity index (χ0v) is 17.1. The molecule has 0 aromatic heterocycles. The van der Waals surface area contributed by atoms with Gasteiger partial charge in [-0.05, 0) is 49.9 Å². The van der Waals surface area contributed by atoms with Crippen LogP contribution in [0.3, 0.4) is 0 Å². The summed E-state index contributed by atoms with van der Waals surface area (Å²) < 4.78 is 0. The van der Waals surface area contributed by atoms with Crippen LogP contribution in [-0.4, -0.2) is 110 Å². The zero-order chi connectivity index (χ0) is 16.6. The number of nitrogens with one attached hydrogen (secondary N) is 1. The highest BCUT2D eigenvalue weighted by molar-refractivity contribution is 7.99. The third-order valence-electron chi connectivity index (χ3n) is 5.43. The van der Waals surface area contributed by atoms with Crippen LogP contribution in [-0.2, 0) is 0 Å². The van der Waals surface area contributed by atoms with E-state index in [9.17, 15) is 0 Å². The van der Waals surface area contributed by atoms with Crippen molar-refractivity contribution in [3.63, 3.8) is 0 Å². The molecule has 3 heterocycles. The van der Waals surface area contributed by atoms with Gasteiger partial charge in [0.15, 0.2) is 0 Å². The summed E-state index contributed by atoms with van der Waals surface area (Å²) in [5.74, 6) is 7.07. The van der Waals surface area contributed by atoms with Gasteiger partial charge in [-0.1, -0.05) is 0 Å². The molecule has 4 nitrogen and oxygen atoms in total. The van der Waals surface area contributed by atoms with Crippen LogP contribution in [0.15, 0.2) is 0 Å². The van der Waals surface area contributed by atoms with Gasteiger partial charge in [-0.2, -0.15) is 23.5 Å². The molecule has 0 amide bonds. The van der Waals surface area contributed by atoms with Crippen LogP contribution in [0.2, 0.25) is 0 Å². The molecule has 3 rings (SSSR count). The van der Waals surface area contributed by atoms with E-state index in [1.807, 2.05) is 0 Å². The van der Waals surface area contributed by atoms with Crippen LogP contribution in [0.1, 0.15) is 6.42 Å².